The number of hydrogen-bond donors (Lipinski definition) is 1. The van der Waals surface area contributed by atoms with Crippen molar-refractivity contribution in [1.82, 2.24) is 19.6 Å². The summed E-state index contributed by atoms with van der Waals surface area (Å²) >= 11 is 12.0. The zero-order valence-electron chi connectivity index (χ0n) is 18.9. The van der Waals surface area contributed by atoms with Gasteiger partial charge < -0.3 is 14.8 Å². The van der Waals surface area contributed by atoms with Crippen LogP contribution in [0.25, 0.3) is 0 Å². The topological polar surface area (TPSA) is 83.2 Å². The molecular formula is C24H23Cl2N5O3. The average molecular weight is 500 g/mol. The number of benzene rings is 2. The summed E-state index contributed by atoms with van der Waals surface area (Å²) in [7, 11) is 1.64. The van der Waals surface area contributed by atoms with E-state index in [0.717, 1.165) is 17.0 Å². The quantitative estimate of drug-likeness (QED) is 0.353. The summed E-state index contributed by atoms with van der Waals surface area (Å²) < 4.78 is 14.3. The fourth-order valence-corrected chi connectivity index (χ4v) is 3.90. The third-order valence-corrected chi connectivity index (χ3v) is 5.74. The highest BCUT2D eigenvalue weighted by Gasteiger charge is 2.17. The molecule has 10 heteroatoms. The zero-order chi connectivity index (χ0) is 24.2. The van der Waals surface area contributed by atoms with Gasteiger partial charge in [0.15, 0.2) is 12.4 Å². The molecule has 1 N–H and O–H groups in total. The van der Waals surface area contributed by atoms with Gasteiger partial charge in [0.2, 0.25) is 0 Å². The van der Waals surface area contributed by atoms with Crippen molar-refractivity contribution in [1.29, 1.82) is 0 Å². The fourth-order valence-electron chi connectivity index (χ4n) is 3.44. The Hall–Kier alpha value is -3.49. The molecule has 4 rings (SSSR count). The summed E-state index contributed by atoms with van der Waals surface area (Å²) in [6.45, 7) is 4.41. The minimum Gasteiger partial charge on any atom is -0.497 e. The summed E-state index contributed by atoms with van der Waals surface area (Å²) in [4.78, 5) is 12.8. The zero-order valence-corrected chi connectivity index (χ0v) is 20.4. The molecular weight excluding hydrogens is 477 g/mol. The Morgan fingerprint density at radius 1 is 1.09 bits per heavy atom. The molecule has 0 atom stereocenters. The van der Waals surface area contributed by atoms with Gasteiger partial charge in [-0.1, -0.05) is 35.3 Å². The highest BCUT2D eigenvalue weighted by atomic mass is 35.5. The van der Waals surface area contributed by atoms with E-state index < -0.39 is 0 Å². The second kappa shape index (κ2) is 10.2. The Labute approximate surface area is 207 Å². The maximum absolute atomic E-state index is 12.8. The third kappa shape index (κ3) is 5.35. The van der Waals surface area contributed by atoms with E-state index in [4.69, 9.17) is 32.7 Å². The predicted molar refractivity (Wildman–Crippen MR) is 131 cm³/mol. The molecule has 0 aliphatic rings. The van der Waals surface area contributed by atoms with E-state index in [1.165, 1.54) is 4.68 Å². The van der Waals surface area contributed by atoms with Crippen LogP contribution in [0.4, 0.5) is 5.69 Å². The van der Waals surface area contributed by atoms with Crippen LogP contribution in [0.5, 0.6) is 11.5 Å². The van der Waals surface area contributed by atoms with E-state index in [0.29, 0.717) is 33.7 Å². The SMILES string of the molecule is COc1cccc(Cn2nc(C)c(NC(=O)c3ccn(COc4ccc(Cl)cc4Cl)n3)c2C)c1. The highest BCUT2D eigenvalue weighted by molar-refractivity contribution is 6.35. The van der Waals surface area contributed by atoms with Crippen LogP contribution in [0.15, 0.2) is 54.7 Å². The number of aryl methyl sites for hydroxylation is 1. The molecule has 2 aromatic heterocycles. The second-order valence-electron chi connectivity index (χ2n) is 7.60. The van der Waals surface area contributed by atoms with E-state index >= 15 is 0 Å². The minimum absolute atomic E-state index is 0.0885. The molecule has 34 heavy (non-hydrogen) atoms. The van der Waals surface area contributed by atoms with Gasteiger partial charge in [0.05, 0.1) is 35.8 Å². The molecule has 0 aliphatic carbocycles. The van der Waals surface area contributed by atoms with Crippen LogP contribution < -0.4 is 14.8 Å². The monoisotopic (exact) mass is 499 g/mol. The number of methoxy groups -OCH3 is 1. The Balaban J connectivity index is 1.42. The average Bonchev–Trinajstić information content (AvgIpc) is 3.39. The molecule has 0 bridgehead atoms. The summed E-state index contributed by atoms with van der Waals surface area (Å²) in [5, 5.41) is 12.7. The van der Waals surface area contributed by atoms with Crippen molar-refractivity contribution in [3.8, 4) is 11.5 Å². The smallest absolute Gasteiger partial charge is 0.276 e. The van der Waals surface area contributed by atoms with Crippen LogP contribution in [0.2, 0.25) is 10.0 Å². The maximum atomic E-state index is 12.8. The normalized spacial score (nSPS) is 10.9. The second-order valence-corrected chi connectivity index (χ2v) is 8.44. The number of rotatable bonds is 8. The van der Waals surface area contributed by atoms with Crippen LogP contribution in [0, 0.1) is 13.8 Å². The largest absolute Gasteiger partial charge is 0.497 e. The minimum atomic E-state index is -0.338. The van der Waals surface area contributed by atoms with E-state index in [2.05, 4.69) is 15.5 Å². The maximum Gasteiger partial charge on any atom is 0.276 e. The number of halogens is 2. The van der Waals surface area contributed by atoms with Gasteiger partial charge in [-0.3, -0.25) is 9.48 Å². The van der Waals surface area contributed by atoms with Gasteiger partial charge in [0, 0.05) is 11.2 Å². The first-order valence-electron chi connectivity index (χ1n) is 10.4. The number of nitrogens with one attached hydrogen (secondary N) is 1. The van der Waals surface area contributed by atoms with E-state index in [1.807, 2.05) is 42.8 Å². The summed E-state index contributed by atoms with van der Waals surface area (Å²) in [6.07, 6.45) is 1.66. The molecule has 0 spiro atoms. The number of carbonyl (C=O) groups is 1. The molecule has 0 aliphatic heterocycles. The standard InChI is InChI=1S/C24H23Cl2N5O3/c1-15-23(16(2)31(28-15)13-17-5-4-6-19(11-17)33-3)27-24(32)21-9-10-30(29-21)14-34-22-8-7-18(25)12-20(22)26/h4-12H,13-14H2,1-3H3,(H,27,32). The molecule has 0 unspecified atom stereocenters. The van der Waals surface area contributed by atoms with Crippen molar-refractivity contribution in [2.75, 3.05) is 12.4 Å². The Morgan fingerprint density at radius 2 is 1.91 bits per heavy atom. The van der Waals surface area contributed by atoms with Gasteiger partial charge in [0.1, 0.15) is 11.5 Å². The van der Waals surface area contributed by atoms with Gasteiger partial charge in [0.25, 0.3) is 5.91 Å². The van der Waals surface area contributed by atoms with Crippen molar-refractivity contribution in [3.05, 3.63) is 87.4 Å². The van der Waals surface area contributed by atoms with E-state index in [9.17, 15) is 4.79 Å². The van der Waals surface area contributed by atoms with Gasteiger partial charge in [-0.15, -0.1) is 0 Å². The molecule has 0 saturated carbocycles. The molecule has 4 aromatic rings. The van der Waals surface area contributed by atoms with Crippen LogP contribution in [0.1, 0.15) is 27.4 Å². The van der Waals surface area contributed by atoms with Crippen LogP contribution in [0.3, 0.4) is 0 Å². The Bertz CT molecular complexity index is 1330. The van der Waals surface area contributed by atoms with Crippen molar-refractivity contribution in [2.24, 2.45) is 0 Å². The third-order valence-electron chi connectivity index (χ3n) is 5.21. The lowest BCUT2D eigenvalue weighted by Gasteiger charge is -2.08. The summed E-state index contributed by atoms with van der Waals surface area (Å²) in [6, 6.07) is 14.4. The van der Waals surface area contributed by atoms with Crippen molar-refractivity contribution in [3.63, 3.8) is 0 Å². The van der Waals surface area contributed by atoms with Crippen molar-refractivity contribution < 1.29 is 14.3 Å². The fraction of sp³-hybridized carbons (Fsp3) is 0.208. The number of hydrogen-bond acceptors (Lipinski definition) is 5. The van der Waals surface area contributed by atoms with Crippen LogP contribution in [-0.4, -0.2) is 32.6 Å². The lowest BCUT2D eigenvalue weighted by atomic mass is 10.2. The van der Waals surface area contributed by atoms with Crippen LogP contribution in [-0.2, 0) is 13.3 Å². The Kier molecular flexibility index (Phi) is 7.09. The van der Waals surface area contributed by atoms with Crippen molar-refractivity contribution >= 4 is 34.8 Å². The molecule has 1 amide bonds. The lowest BCUT2D eigenvalue weighted by Crippen LogP contribution is -2.15. The number of carbonyl (C=O) groups excluding carboxylic acids is 1. The number of anilines is 1. The number of nitrogens with zero attached hydrogens (tertiary/aromatic N) is 4. The Morgan fingerprint density at radius 3 is 2.68 bits per heavy atom. The number of ether oxygens (including phenoxy) is 2. The molecule has 0 radical (unpaired) electrons. The van der Waals surface area contributed by atoms with Crippen LogP contribution >= 0.6 is 23.2 Å². The van der Waals surface area contributed by atoms with Gasteiger partial charge in [-0.05, 0) is 55.8 Å². The molecule has 8 nitrogen and oxygen atoms in total. The number of amides is 1. The van der Waals surface area contributed by atoms with E-state index in [1.54, 1.807) is 37.6 Å². The van der Waals surface area contributed by atoms with Gasteiger partial charge >= 0.3 is 0 Å². The lowest BCUT2D eigenvalue weighted by molar-refractivity contribution is 0.102. The predicted octanol–water partition coefficient (Wildman–Crippen LogP) is 5.35. The van der Waals surface area contributed by atoms with Gasteiger partial charge in [-0.2, -0.15) is 10.2 Å². The van der Waals surface area contributed by atoms with Gasteiger partial charge in [-0.25, -0.2) is 4.68 Å². The highest BCUT2D eigenvalue weighted by Crippen LogP contribution is 2.27. The molecule has 176 valence electrons. The number of aromatic nitrogens is 4. The first-order chi connectivity index (χ1) is 16.3. The molecule has 0 saturated heterocycles. The van der Waals surface area contributed by atoms with Crippen molar-refractivity contribution in [2.45, 2.75) is 27.1 Å². The molecule has 2 heterocycles. The first kappa shape index (κ1) is 23.7. The van der Waals surface area contributed by atoms with E-state index in [-0.39, 0.29) is 18.3 Å². The first-order valence-corrected chi connectivity index (χ1v) is 11.2. The molecule has 0 fully saturated rings. The molecule has 2 aromatic carbocycles. The summed E-state index contributed by atoms with van der Waals surface area (Å²) in [5.41, 5.74) is 3.52. The summed E-state index contributed by atoms with van der Waals surface area (Å²) in [5.74, 6) is 0.920.